The molecule has 9 heteroatoms. The molecule has 2 unspecified atom stereocenters. The number of aliphatic carboxylic acids is 1. The molecule has 0 radical (unpaired) electrons. The second-order valence-electron chi connectivity index (χ2n) is 5.96. The van der Waals surface area contributed by atoms with Gasteiger partial charge in [0, 0.05) is 30.6 Å². The van der Waals surface area contributed by atoms with Crippen LogP contribution in [0.1, 0.15) is 25.0 Å². The quantitative estimate of drug-likeness (QED) is 0.579. The fourth-order valence-corrected chi connectivity index (χ4v) is 3.37. The molecule has 0 aliphatic carbocycles. The number of carboxylic acid groups (broad SMARTS) is 1. The summed E-state index contributed by atoms with van der Waals surface area (Å²) < 4.78 is 0. The Balaban J connectivity index is 2.34. The van der Waals surface area contributed by atoms with Gasteiger partial charge in [0.1, 0.15) is 6.04 Å². The first kappa shape index (κ1) is 18.9. The maximum atomic E-state index is 12.6. The van der Waals surface area contributed by atoms with E-state index >= 15 is 0 Å². The molecular weight excluding hydrogens is 350 g/mol. The van der Waals surface area contributed by atoms with Gasteiger partial charge in [-0.15, -0.1) is 0 Å². The summed E-state index contributed by atoms with van der Waals surface area (Å²) >= 11 is 0.978. The maximum absolute atomic E-state index is 12.6. The maximum Gasteiger partial charge on any atom is 0.326 e. The van der Waals surface area contributed by atoms with Crippen LogP contribution in [0.3, 0.4) is 0 Å². The zero-order chi connectivity index (χ0) is 18.9. The van der Waals surface area contributed by atoms with E-state index in [4.69, 9.17) is 0 Å². The molecule has 1 amide bonds. The average Bonchev–Trinajstić information content (AvgIpc) is 2.55. The summed E-state index contributed by atoms with van der Waals surface area (Å²) in [6.45, 7) is 2.77. The first-order chi connectivity index (χ1) is 11.6. The summed E-state index contributed by atoms with van der Waals surface area (Å²) in [4.78, 5) is 36.4. The van der Waals surface area contributed by atoms with Gasteiger partial charge in [0.25, 0.3) is 0 Å². The molecule has 1 heterocycles. The van der Waals surface area contributed by atoms with Crippen LogP contribution in [-0.4, -0.2) is 54.1 Å². The third-order valence-corrected chi connectivity index (χ3v) is 5.17. The molecule has 2 rings (SSSR count). The number of carbonyl (C=O) groups is 3. The average molecular weight is 369 g/mol. The lowest BCUT2D eigenvalue weighted by atomic mass is 9.91. The van der Waals surface area contributed by atoms with Crippen molar-refractivity contribution in [3.63, 3.8) is 0 Å². The lowest BCUT2D eigenvalue weighted by molar-refractivity contribution is -0.152. The topological polar surface area (TPSA) is 135 Å². The summed E-state index contributed by atoms with van der Waals surface area (Å²) in [7, 11) is 0. The molecule has 0 spiro atoms. The van der Waals surface area contributed by atoms with Gasteiger partial charge in [0.05, 0.1) is 6.54 Å². The molecular formula is C16H19NO7S. The molecule has 0 saturated heterocycles. The van der Waals surface area contributed by atoms with Gasteiger partial charge in [0.2, 0.25) is 11.7 Å². The molecule has 0 bridgehead atoms. The Bertz CT molecular complexity index is 734. The molecule has 1 aliphatic heterocycles. The number of carbonyl (C=O) groups excluding carboxylic acids is 2. The smallest absolute Gasteiger partial charge is 0.326 e. The Morgan fingerprint density at radius 1 is 1.28 bits per heavy atom. The number of carboxylic acids is 1. The van der Waals surface area contributed by atoms with Gasteiger partial charge in [-0.2, -0.15) is 0 Å². The first-order valence-electron chi connectivity index (χ1n) is 7.55. The fourth-order valence-electron chi connectivity index (χ4n) is 2.74. The third-order valence-electron chi connectivity index (χ3n) is 4.10. The summed E-state index contributed by atoms with van der Waals surface area (Å²) in [6.07, 6.45) is -0.107. The predicted molar refractivity (Wildman–Crippen MR) is 89.4 cm³/mol. The molecule has 8 nitrogen and oxygen atoms in total. The Morgan fingerprint density at radius 2 is 1.92 bits per heavy atom. The summed E-state index contributed by atoms with van der Waals surface area (Å²) in [5, 5.41) is 38.6. The fraction of sp³-hybridized carbons (Fsp3) is 0.438. The van der Waals surface area contributed by atoms with Crippen molar-refractivity contribution in [3.05, 3.63) is 17.2 Å². The summed E-state index contributed by atoms with van der Waals surface area (Å²) in [5.74, 6) is -3.87. The number of hydrogen-bond donors (Lipinski definition) is 4. The van der Waals surface area contributed by atoms with Gasteiger partial charge in [0.15, 0.2) is 16.6 Å². The van der Waals surface area contributed by atoms with E-state index in [1.165, 1.54) is 13.0 Å². The van der Waals surface area contributed by atoms with E-state index in [1.807, 2.05) is 0 Å². The Hall–Kier alpha value is -2.42. The Kier molecular flexibility index (Phi) is 5.46. The lowest BCUT2D eigenvalue weighted by Gasteiger charge is -2.36. The number of aromatic hydroxyl groups is 3. The van der Waals surface area contributed by atoms with Crippen molar-refractivity contribution in [2.75, 3.05) is 5.75 Å². The molecule has 4 N–H and O–H groups in total. The highest BCUT2D eigenvalue weighted by Crippen LogP contribution is 2.42. The molecule has 2 atom stereocenters. The van der Waals surface area contributed by atoms with Crippen LogP contribution in [0.5, 0.6) is 17.2 Å². The molecule has 0 fully saturated rings. The van der Waals surface area contributed by atoms with Gasteiger partial charge in [-0.25, -0.2) is 4.79 Å². The van der Waals surface area contributed by atoms with Crippen LogP contribution in [0.2, 0.25) is 0 Å². The van der Waals surface area contributed by atoms with E-state index in [1.54, 1.807) is 6.92 Å². The van der Waals surface area contributed by atoms with E-state index in [-0.39, 0.29) is 29.4 Å². The number of nitrogens with zero attached hydrogens (tertiary/aromatic N) is 1. The van der Waals surface area contributed by atoms with Crippen molar-refractivity contribution in [3.8, 4) is 17.2 Å². The number of fused-ring (bicyclic) bond motifs is 1. The minimum atomic E-state index is -1.21. The minimum absolute atomic E-state index is 0.107. The molecule has 136 valence electrons. The van der Waals surface area contributed by atoms with Gasteiger partial charge in [-0.1, -0.05) is 18.7 Å². The minimum Gasteiger partial charge on any atom is -0.504 e. The van der Waals surface area contributed by atoms with Crippen molar-refractivity contribution in [2.45, 2.75) is 32.9 Å². The van der Waals surface area contributed by atoms with E-state index in [9.17, 15) is 34.8 Å². The zero-order valence-corrected chi connectivity index (χ0v) is 14.5. The highest BCUT2D eigenvalue weighted by molar-refractivity contribution is 8.13. The summed E-state index contributed by atoms with van der Waals surface area (Å²) in [6, 6.07) is 0.0325. The number of phenolic OH excluding ortho intramolecular Hbond substituents is 3. The Labute approximate surface area is 148 Å². The third kappa shape index (κ3) is 3.81. The van der Waals surface area contributed by atoms with Crippen molar-refractivity contribution < 1.29 is 34.8 Å². The van der Waals surface area contributed by atoms with Gasteiger partial charge in [-0.3, -0.25) is 9.59 Å². The SMILES string of the molecule is CC(=O)SCC(C)C(=O)N1Cc2c(cc(O)c(O)c2O)CC1C(=O)O. The van der Waals surface area contributed by atoms with Crippen LogP contribution in [0.4, 0.5) is 0 Å². The van der Waals surface area contributed by atoms with E-state index in [2.05, 4.69) is 0 Å². The van der Waals surface area contributed by atoms with Crippen LogP contribution in [0.25, 0.3) is 0 Å². The van der Waals surface area contributed by atoms with Crippen LogP contribution in [-0.2, 0) is 27.3 Å². The van der Waals surface area contributed by atoms with Crippen LogP contribution < -0.4 is 0 Å². The highest BCUT2D eigenvalue weighted by atomic mass is 32.2. The highest BCUT2D eigenvalue weighted by Gasteiger charge is 2.38. The normalized spacial score (nSPS) is 17.7. The molecule has 1 aliphatic rings. The van der Waals surface area contributed by atoms with Crippen molar-refractivity contribution in [2.24, 2.45) is 5.92 Å². The van der Waals surface area contributed by atoms with Gasteiger partial charge < -0.3 is 25.3 Å². The molecule has 1 aromatic rings. The second kappa shape index (κ2) is 7.22. The standard InChI is InChI=1S/C16H19NO7S/c1-7(6-25-8(2)18)15(22)17-5-10-9(3-11(17)16(23)24)4-12(19)14(21)13(10)20/h4,7,11,19-21H,3,5-6H2,1-2H3,(H,23,24). The van der Waals surface area contributed by atoms with Gasteiger partial charge in [-0.05, 0) is 11.6 Å². The monoisotopic (exact) mass is 369 g/mol. The number of rotatable bonds is 4. The van der Waals surface area contributed by atoms with E-state index in [0.717, 1.165) is 16.7 Å². The van der Waals surface area contributed by atoms with Crippen molar-refractivity contribution in [1.29, 1.82) is 0 Å². The van der Waals surface area contributed by atoms with Crippen molar-refractivity contribution >= 4 is 28.8 Å². The number of amides is 1. The molecule has 0 saturated carbocycles. The molecule has 0 aromatic heterocycles. The Morgan fingerprint density at radius 3 is 2.48 bits per heavy atom. The van der Waals surface area contributed by atoms with Gasteiger partial charge >= 0.3 is 5.97 Å². The summed E-state index contributed by atoms with van der Waals surface area (Å²) in [5.41, 5.74) is 0.558. The van der Waals surface area contributed by atoms with Crippen LogP contribution >= 0.6 is 11.8 Å². The molecule has 1 aromatic carbocycles. The second-order valence-corrected chi connectivity index (χ2v) is 7.16. The largest absolute Gasteiger partial charge is 0.504 e. The predicted octanol–water partition coefficient (Wildman–Crippen LogP) is 1.06. The van der Waals surface area contributed by atoms with Crippen LogP contribution in [0.15, 0.2) is 6.07 Å². The number of phenols is 3. The molecule has 25 heavy (non-hydrogen) atoms. The number of thioether (sulfide) groups is 1. The zero-order valence-electron chi connectivity index (χ0n) is 13.7. The van der Waals surface area contributed by atoms with E-state index in [0.29, 0.717) is 5.56 Å². The lowest BCUT2D eigenvalue weighted by Crippen LogP contribution is -2.50. The number of benzene rings is 1. The van der Waals surface area contributed by atoms with Crippen LogP contribution in [0, 0.1) is 5.92 Å². The first-order valence-corrected chi connectivity index (χ1v) is 8.54. The van der Waals surface area contributed by atoms with Crippen molar-refractivity contribution in [1.82, 2.24) is 4.90 Å². The van der Waals surface area contributed by atoms with E-state index < -0.39 is 41.1 Å². The number of hydrogen-bond acceptors (Lipinski definition) is 7.